The van der Waals surface area contributed by atoms with Crippen molar-refractivity contribution in [2.24, 2.45) is 11.5 Å². The average molecular weight is 431 g/mol. The van der Waals surface area contributed by atoms with E-state index in [4.69, 9.17) is 16.2 Å². The fourth-order valence-electron chi connectivity index (χ4n) is 3.09. The number of primary amides is 1. The summed E-state index contributed by atoms with van der Waals surface area (Å²) in [6.45, 7) is 3.69. The third-order valence-electron chi connectivity index (χ3n) is 4.56. The molecule has 1 amide bonds. The Morgan fingerprint density at radius 3 is 2.70 bits per heavy atom. The molecule has 0 saturated carbocycles. The van der Waals surface area contributed by atoms with Crippen LogP contribution < -0.4 is 22.1 Å². The van der Waals surface area contributed by atoms with E-state index in [2.05, 4.69) is 32.4 Å². The van der Waals surface area contributed by atoms with Crippen molar-refractivity contribution in [3.8, 4) is 11.8 Å². The molecule has 1 aromatic heterocycles. The SMILES string of the molecule is CCc1nc(C(N)=O)c(Nc2cccc(C#CCN)c2)nc1NC1CCOCC1.Cl. The molecule has 1 fully saturated rings. The number of hydrogen-bond donors (Lipinski definition) is 4. The Bertz CT molecular complexity index is 935. The number of aromatic nitrogens is 2. The molecule has 1 aliphatic rings. The monoisotopic (exact) mass is 430 g/mol. The Labute approximate surface area is 182 Å². The summed E-state index contributed by atoms with van der Waals surface area (Å²) < 4.78 is 5.42. The summed E-state index contributed by atoms with van der Waals surface area (Å²) in [7, 11) is 0. The van der Waals surface area contributed by atoms with E-state index in [-0.39, 0.29) is 30.7 Å². The number of nitrogens with two attached hydrogens (primary N) is 2. The third kappa shape index (κ3) is 6.07. The van der Waals surface area contributed by atoms with Gasteiger partial charge in [-0.2, -0.15) is 0 Å². The predicted molar refractivity (Wildman–Crippen MR) is 120 cm³/mol. The van der Waals surface area contributed by atoms with E-state index in [1.54, 1.807) is 0 Å². The number of benzene rings is 1. The van der Waals surface area contributed by atoms with E-state index in [9.17, 15) is 4.79 Å². The van der Waals surface area contributed by atoms with Gasteiger partial charge in [-0.25, -0.2) is 9.97 Å². The van der Waals surface area contributed by atoms with Gasteiger partial charge in [-0.15, -0.1) is 12.4 Å². The Kier molecular flexibility index (Phi) is 8.87. The number of anilines is 3. The number of nitrogens with one attached hydrogen (secondary N) is 2. The van der Waals surface area contributed by atoms with Crippen molar-refractivity contribution < 1.29 is 9.53 Å². The zero-order valence-electron chi connectivity index (χ0n) is 16.9. The Balaban J connectivity index is 0.00000320. The van der Waals surface area contributed by atoms with Gasteiger partial charge in [-0.1, -0.05) is 24.8 Å². The number of amides is 1. The fraction of sp³-hybridized carbons (Fsp3) is 0.381. The summed E-state index contributed by atoms with van der Waals surface area (Å²) in [6.07, 6.45) is 2.42. The lowest BCUT2D eigenvalue weighted by Gasteiger charge is -2.25. The molecule has 0 unspecified atom stereocenters. The maximum Gasteiger partial charge on any atom is 0.271 e. The Hall–Kier alpha value is -2.86. The molecule has 30 heavy (non-hydrogen) atoms. The maximum atomic E-state index is 12.0. The molecule has 6 N–H and O–H groups in total. The van der Waals surface area contributed by atoms with Gasteiger partial charge in [0.1, 0.15) is 0 Å². The molecule has 160 valence electrons. The molecule has 3 rings (SSSR count). The molecular weight excluding hydrogens is 404 g/mol. The normalized spacial score (nSPS) is 13.5. The van der Waals surface area contributed by atoms with Crippen molar-refractivity contribution in [2.75, 3.05) is 30.4 Å². The van der Waals surface area contributed by atoms with E-state index < -0.39 is 5.91 Å². The number of rotatable bonds is 6. The largest absolute Gasteiger partial charge is 0.381 e. The van der Waals surface area contributed by atoms with Crippen molar-refractivity contribution in [3.63, 3.8) is 0 Å². The highest BCUT2D eigenvalue weighted by Crippen LogP contribution is 2.24. The number of aryl methyl sites for hydroxylation is 1. The van der Waals surface area contributed by atoms with Gasteiger partial charge in [-0.05, 0) is 37.5 Å². The van der Waals surface area contributed by atoms with Crippen LogP contribution in [0.25, 0.3) is 0 Å². The fourth-order valence-corrected chi connectivity index (χ4v) is 3.09. The lowest BCUT2D eigenvalue weighted by molar-refractivity contribution is 0.0903. The van der Waals surface area contributed by atoms with Crippen LogP contribution in [0.5, 0.6) is 0 Å². The Morgan fingerprint density at radius 1 is 1.27 bits per heavy atom. The van der Waals surface area contributed by atoms with Gasteiger partial charge in [0.2, 0.25) is 0 Å². The first kappa shape index (κ1) is 23.4. The molecule has 0 bridgehead atoms. The molecule has 0 atom stereocenters. The minimum Gasteiger partial charge on any atom is -0.381 e. The number of halogens is 1. The van der Waals surface area contributed by atoms with Crippen LogP contribution in [-0.2, 0) is 11.2 Å². The van der Waals surface area contributed by atoms with E-state index >= 15 is 0 Å². The number of carbonyl (C=O) groups is 1. The highest BCUT2D eigenvalue weighted by Gasteiger charge is 2.20. The lowest BCUT2D eigenvalue weighted by Crippen LogP contribution is -2.29. The number of carbonyl (C=O) groups excluding carboxylic acids is 1. The van der Waals surface area contributed by atoms with Crippen LogP contribution in [0.2, 0.25) is 0 Å². The first-order chi connectivity index (χ1) is 14.1. The van der Waals surface area contributed by atoms with Crippen molar-refractivity contribution >= 4 is 35.6 Å². The zero-order chi connectivity index (χ0) is 20.6. The zero-order valence-corrected chi connectivity index (χ0v) is 17.7. The molecule has 1 aromatic carbocycles. The minimum atomic E-state index is -0.633. The van der Waals surface area contributed by atoms with Crippen molar-refractivity contribution in [3.05, 3.63) is 41.2 Å². The van der Waals surface area contributed by atoms with Gasteiger partial charge < -0.3 is 26.8 Å². The van der Waals surface area contributed by atoms with E-state index in [0.29, 0.717) is 37.0 Å². The summed E-state index contributed by atoms with van der Waals surface area (Å²) in [5.41, 5.74) is 13.4. The molecular formula is C21H27ClN6O2. The second-order valence-electron chi connectivity index (χ2n) is 6.68. The average Bonchev–Trinajstić information content (AvgIpc) is 2.73. The summed E-state index contributed by atoms with van der Waals surface area (Å²) in [6, 6.07) is 7.72. The van der Waals surface area contributed by atoms with Crippen LogP contribution in [0.3, 0.4) is 0 Å². The summed E-state index contributed by atoms with van der Waals surface area (Å²) >= 11 is 0. The van der Waals surface area contributed by atoms with Crippen molar-refractivity contribution in [1.82, 2.24) is 9.97 Å². The molecule has 0 radical (unpaired) electrons. The molecule has 1 aliphatic heterocycles. The Morgan fingerprint density at radius 2 is 2.03 bits per heavy atom. The van der Waals surface area contributed by atoms with E-state index in [1.807, 2.05) is 31.2 Å². The summed E-state index contributed by atoms with van der Waals surface area (Å²) in [5, 5.41) is 6.61. The van der Waals surface area contributed by atoms with Crippen LogP contribution >= 0.6 is 12.4 Å². The van der Waals surface area contributed by atoms with Crippen LogP contribution in [-0.4, -0.2) is 41.7 Å². The summed E-state index contributed by atoms with van der Waals surface area (Å²) in [5.74, 6) is 6.15. The second kappa shape index (κ2) is 11.4. The standard InChI is InChI=1S/C21H26N6O2.ClH/c1-2-17-20(24-15-8-11-29-12-9-15)27-21(18(26-17)19(23)28)25-16-7-3-5-14(13-16)6-4-10-22;/h3,5,7,13,15H,2,8-12,22H2,1H3,(H2,23,28)(H2,24,25,27);1H. The molecule has 8 nitrogen and oxygen atoms in total. The first-order valence-electron chi connectivity index (χ1n) is 9.71. The van der Waals surface area contributed by atoms with Crippen LogP contribution in [0, 0.1) is 11.8 Å². The highest BCUT2D eigenvalue weighted by molar-refractivity contribution is 5.96. The van der Waals surface area contributed by atoms with Gasteiger partial charge in [0, 0.05) is 30.5 Å². The number of hydrogen-bond acceptors (Lipinski definition) is 7. The molecule has 9 heteroatoms. The van der Waals surface area contributed by atoms with Gasteiger partial charge in [-0.3, -0.25) is 4.79 Å². The van der Waals surface area contributed by atoms with Gasteiger partial charge >= 0.3 is 0 Å². The number of ether oxygens (including phenoxy) is 1. The van der Waals surface area contributed by atoms with Gasteiger partial charge in [0.15, 0.2) is 17.3 Å². The van der Waals surface area contributed by atoms with E-state index in [0.717, 1.165) is 24.1 Å². The predicted octanol–water partition coefficient (Wildman–Crippen LogP) is 2.20. The van der Waals surface area contributed by atoms with Crippen molar-refractivity contribution in [1.29, 1.82) is 0 Å². The highest BCUT2D eigenvalue weighted by atomic mass is 35.5. The molecule has 2 heterocycles. The molecule has 2 aromatic rings. The molecule has 0 spiro atoms. The van der Waals surface area contributed by atoms with E-state index in [1.165, 1.54) is 0 Å². The topological polar surface area (TPSA) is 128 Å². The smallest absolute Gasteiger partial charge is 0.271 e. The minimum absolute atomic E-state index is 0. The second-order valence-corrected chi connectivity index (χ2v) is 6.68. The quantitative estimate of drug-likeness (QED) is 0.517. The first-order valence-corrected chi connectivity index (χ1v) is 9.71. The lowest BCUT2D eigenvalue weighted by atomic mass is 10.1. The number of nitrogens with zero attached hydrogens (tertiary/aromatic N) is 2. The van der Waals surface area contributed by atoms with Gasteiger partial charge in [0.25, 0.3) is 5.91 Å². The third-order valence-corrected chi connectivity index (χ3v) is 4.56. The van der Waals surface area contributed by atoms with Crippen LogP contribution in [0.4, 0.5) is 17.3 Å². The van der Waals surface area contributed by atoms with Crippen LogP contribution in [0.1, 0.15) is 41.5 Å². The van der Waals surface area contributed by atoms with Crippen molar-refractivity contribution in [2.45, 2.75) is 32.2 Å². The molecule has 0 aliphatic carbocycles. The summed E-state index contributed by atoms with van der Waals surface area (Å²) in [4.78, 5) is 21.1. The molecule has 1 saturated heterocycles. The maximum absolute atomic E-state index is 12.0. The van der Waals surface area contributed by atoms with Crippen LogP contribution in [0.15, 0.2) is 24.3 Å². The van der Waals surface area contributed by atoms with Gasteiger partial charge in [0.05, 0.1) is 12.2 Å².